The Balaban J connectivity index is 3.34. The van der Waals surface area contributed by atoms with E-state index in [0.29, 0.717) is 14.7 Å². The van der Waals surface area contributed by atoms with Gasteiger partial charge in [0.2, 0.25) is 0 Å². The van der Waals surface area contributed by atoms with Crippen LogP contribution in [0.2, 0.25) is 0 Å². The first kappa shape index (κ1) is 8.17. The number of thiol groups is 3. The smallest absolute Gasteiger partial charge is 0.130 e. The molecule has 0 amide bonds. The summed E-state index contributed by atoms with van der Waals surface area (Å²) in [6.45, 7) is 0. The molecule has 0 saturated carbocycles. The molecule has 0 bridgehead atoms. The lowest BCUT2D eigenvalue weighted by molar-refractivity contribution is 0.458. The summed E-state index contributed by atoms with van der Waals surface area (Å²) >= 11 is 12.2. The molecule has 0 aliphatic carbocycles. The van der Waals surface area contributed by atoms with Crippen LogP contribution in [0.5, 0.6) is 5.75 Å². The van der Waals surface area contributed by atoms with Crippen LogP contribution >= 0.6 is 37.9 Å². The molecule has 0 spiro atoms. The van der Waals surface area contributed by atoms with Crippen molar-refractivity contribution in [2.45, 2.75) is 14.7 Å². The number of aromatic hydroxyl groups is 1. The van der Waals surface area contributed by atoms with Crippen molar-refractivity contribution in [2.75, 3.05) is 0 Å². The second kappa shape index (κ2) is 2.98. The third kappa shape index (κ3) is 1.38. The summed E-state index contributed by atoms with van der Waals surface area (Å²) in [6.07, 6.45) is 0. The lowest BCUT2D eigenvalue weighted by Crippen LogP contribution is -1.75. The van der Waals surface area contributed by atoms with Crippen molar-refractivity contribution < 1.29 is 5.11 Å². The van der Waals surface area contributed by atoms with Crippen LogP contribution in [0.25, 0.3) is 0 Å². The van der Waals surface area contributed by atoms with E-state index in [1.54, 1.807) is 6.07 Å². The highest BCUT2D eigenvalue weighted by Gasteiger charge is 2.02. The van der Waals surface area contributed by atoms with E-state index in [9.17, 15) is 0 Å². The molecular formula is C6H6OS3. The molecule has 1 aromatic rings. The Morgan fingerprint density at radius 2 is 1.60 bits per heavy atom. The van der Waals surface area contributed by atoms with Crippen LogP contribution in [0.3, 0.4) is 0 Å². The molecule has 0 heterocycles. The number of hydrogen-bond acceptors (Lipinski definition) is 4. The fourth-order valence-electron chi connectivity index (χ4n) is 0.558. The second-order valence-corrected chi connectivity index (χ2v) is 3.18. The highest BCUT2D eigenvalue weighted by atomic mass is 32.1. The van der Waals surface area contributed by atoms with Crippen LogP contribution < -0.4 is 0 Å². The van der Waals surface area contributed by atoms with E-state index >= 15 is 0 Å². The van der Waals surface area contributed by atoms with Crippen molar-refractivity contribution in [3.63, 3.8) is 0 Å². The van der Waals surface area contributed by atoms with E-state index in [2.05, 4.69) is 37.9 Å². The average Bonchev–Trinajstić information content (AvgIpc) is 1.93. The maximum absolute atomic E-state index is 9.07. The van der Waals surface area contributed by atoms with Crippen molar-refractivity contribution >= 4 is 37.9 Å². The molecule has 1 rings (SSSR count). The van der Waals surface area contributed by atoms with Crippen LogP contribution in [-0.2, 0) is 0 Å². The fraction of sp³-hybridized carbons (Fsp3) is 0. The van der Waals surface area contributed by atoms with Crippen LogP contribution in [0.1, 0.15) is 0 Å². The second-order valence-electron chi connectivity index (χ2n) is 1.80. The number of phenolic OH excluding ortho intramolecular Hbond substituents is 1. The number of phenols is 1. The Hall–Kier alpha value is 0.0700. The SMILES string of the molecule is Oc1ccc(S)c(S)c1S. The molecule has 0 fully saturated rings. The molecular weight excluding hydrogens is 184 g/mol. The summed E-state index contributed by atoms with van der Waals surface area (Å²) < 4.78 is 0. The van der Waals surface area contributed by atoms with Gasteiger partial charge in [-0.2, -0.15) is 0 Å². The number of rotatable bonds is 0. The predicted octanol–water partition coefficient (Wildman–Crippen LogP) is 2.26. The summed E-state index contributed by atoms with van der Waals surface area (Å²) in [5, 5.41) is 9.07. The molecule has 0 radical (unpaired) electrons. The number of hydrogen-bond donors (Lipinski definition) is 4. The van der Waals surface area contributed by atoms with Gasteiger partial charge in [0.05, 0.1) is 4.90 Å². The molecule has 4 heteroatoms. The van der Waals surface area contributed by atoms with E-state index in [4.69, 9.17) is 5.11 Å². The molecule has 0 atom stereocenters. The molecule has 1 aromatic carbocycles. The lowest BCUT2D eigenvalue weighted by Gasteiger charge is -2.02. The highest BCUT2D eigenvalue weighted by Crippen LogP contribution is 2.32. The molecule has 0 aromatic heterocycles. The van der Waals surface area contributed by atoms with Crippen molar-refractivity contribution in [3.05, 3.63) is 12.1 Å². The van der Waals surface area contributed by atoms with Crippen molar-refractivity contribution in [2.24, 2.45) is 0 Å². The zero-order chi connectivity index (χ0) is 7.72. The van der Waals surface area contributed by atoms with E-state index in [1.165, 1.54) is 6.07 Å². The van der Waals surface area contributed by atoms with Gasteiger partial charge >= 0.3 is 0 Å². The van der Waals surface area contributed by atoms with Gasteiger partial charge in [-0.1, -0.05) is 0 Å². The normalized spacial score (nSPS) is 9.90. The van der Waals surface area contributed by atoms with E-state index in [1.807, 2.05) is 0 Å². The predicted molar refractivity (Wildman–Crippen MR) is 49.9 cm³/mol. The molecule has 10 heavy (non-hydrogen) atoms. The third-order valence-corrected chi connectivity index (χ3v) is 2.75. The Bertz CT molecular complexity index is 232. The molecule has 1 nitrogen and oxygen atoms in total. The first-order chi connectivity index (χ1) is 4.63. The summed E-state index contributed by atoms with van der Waals surface area (Å²) in [4.78, 5) is 1.79. The molecule has 54 valence electrons. The Morgan fingerprint density at radius 3 is 2.10 bits per heavy atom. The van der Waals surface area contributed by atoms with Gasteiger partial charge in [-0.3, -0.25) is 0 Å². The van der Waals surface area contributed by atoms with Gasteiger partial charge in [0.15, 0.2) is 0 Å². The van der Waals surface area contributed by atoms with E-state index in [0.717, 1.165) is 0 Å². The molecule has 0 unspecified atom stereocenters. The Labute approximate surface area is 75.7 Å². The zero-order valence-electron chi connectivity index (χ0n) is 4.94. The zero-order valence-corrected chi connectivity index (χ0v) is 7.63. The van der Waals surface area contributed by atoms with Gasteiger partial charge in [-0.15, -0.1) is 37.9 Å². The van der Waals surface area contributed by atoms with E-state index in [-0.39, 0.29) is 5.75 Å². The average molecular weight is 190 g/mol. The molecule has 1 N–H and O–H groups in total. The topological polar surface area (TPSA) is 20.2 Å². The van der Waals surface area contributed by atoms with Gasteiger partial charge in [0.1, 0.15) is 5.75 Å². The van der Waals surface area contributed by atoms with Crippen LogP contribution in [0, 0.1) is 0 Å². The van der Waals surface area contributed by atoms with Gasteiger partial charge in [-0.25, -0.2) is 0 Å². The first-order valence-electron chi connectivity index (χ1n) is 2.56. The quantitative estimate of drug-likeness (QED) is 0.463. The third-order valence-electron chi connectivity index (χ3n) is 1.11. The number of benzene rings is 1. The van der Waals surface area contributed by atoms with Gasteiger partial charge in [0.25, 0.3) is 0 Å². The minimum Gasteiger partial charge on any atom is -0.507 e. The largest absolute Gasteiger partial charge is 0.507 e. The standard InChI is InChI=1S/C6H6OS3/c7-3-1-2-4(8)6(10)5(3)9/h1-2,7-10H. The summed E-state index contributed by atoms with van der Waals surface area (Å²) in [5.74, 6) is 0.131. The maximum Gasteiger partial charge on any atom is 0.130 e. The maximum atomic E-state index is 9.07. The first-order valence-corrected chi connectivity index (χ1v) is 3.90. The van der Waals surface area contributed by atoms with Crippen molar-refractivity contribution in [1.29, 1.82) is 0 Å². The van der Waals surface area contributed by atoms with Gasteiger partial charge in [0, 0.05) is 9.79 Å². The minimum atomic E-state index is 0.131. The minimum absolute atomic E-state index is 0.131. The fourth-order valence-corrected chi connectivity index (χ4v) is 1.22. The van der Waals surface area contributed by atoms with Crippen molar-refractivity contribution in [1.82, 2.24) is 0 Å². The summed E-state index contributed by atoms with van der Waals surface area (Å²) in [6, 6.07) is 3.20. The lowest BCUT2D eigenvalue weighted by atomic mass is 10.3. The van der Waals surface area contributed by atoms with Crippen LogP contribution in [-0.4, -0.2) is 5.11 Å². The molecule has 0 saturated heterocycles. The molecule has 0 aliphatic heterocycles. The van der Waals surface area contributed by atoms with Crippen LogP contribution in [0.4, 0.5) is 0 Å². The highest BCUT2D eigenvalue weighted by molar-refractivity contribution is 7.85. The monoisotopic (exact) mass is 190 g/mol. The van der Waals surface area contributed by atoms with Crippen LogP contribution in [0.15, 0.2) is 26.8 Å². The Kier molecular flexibility index (Phi) is 2.44. The van der Waals surface area contributed by atoms with Gasteiger partial charge in [-0.05, 0) is 12.1 Å². The van der Waals surface area contributed by atoms with Gasteiger partial charge < -0.3 is 5.11 Å². The van der Waals surface area contributed by atoms with E-state index < -0.39 is 0 Å². The Morgan fingerprint density at radius 1 is 1.00 bits per heavy atom. The van der Waals surface area contributed by atoms with Crippen molar-refractivity contribution in [3.8, 4) is 5.75 Å². The molecule has 0 aliphatic rings. The summed E-state index contributed by atoms with van der Waals surface area (Å²) in [5.41, 5.74) is 0. The summed E-state index contributed by atoms with van der Waals surface area (Å²) in [7, 11) is 0.